The first-order chi connectivity index (χ1) is 9.29. The van der Waals surface area contributed by atoms with Gasteiger partial charge in [-0.1, -0.05) is 35.0 Å². The first kappa shape index (κ1) is 13.6. The van der Waals surface area contributed by atoms with E-state index in [0.717, 1.165) is 12.6 Å². The van der Waals surface area contributed by atoms with Crippen LogP contribution in [0, 0.1) is 0 Å². The topological polar surface area (TPSA) is 15.3 Å². The second kappa shape index (κ2) is 5.94. The molecule has 104 valence electrons. The van der Waals surface area contributed by atoms with Crippen LogP contribution >= 0.6 is 15.9 Å². The SMILES string of the molecule is CCN1CCCC1CNC1CCc2c(Br)cccc21. The maximum atomic E-state index is 3.81. The number of fused-ring (bicyclic) bond motifs is 1. The van der Waals surface area contributed by atoms with Gasteiger partial charge in [-0.15, -0.1) is 0 Å². The van der Waals surface area contributed by atoms with E-state index in [1.165, 1.54) is 54.4 Å². The Morgan fingerprint density at radius 3 is 3.11 bits per heavy atom. The molecule has 2 aliphatic rings. The minimum atomic E-state index is 0.562. The van der Waals surface area contributed by atoms with Gasteiger partial charge in [-0.2, -0.15) is 0 Å². The van der Waals surface area contributed by atoms with E-state index in [1.807, 2.05) is 0 Å². The molecule has 0 aromatic heterocycles. The number of nitrogens with one attached hydrogen (secondary N) is 1. The Kier molecular flexibility index (Phi) is 4.25. The molecule has 0 saturated carbocycles. The number of likely N-dealkylation sites (N-methyl/N-ethyl adjacent to an activating group) is 1. The Bertz CT molecular complexity index is 446. The highest BCUT2D eigenvalue weighted by atomic mass is 79.9. The van der Waals surface area contributed by atoms with Gasteiger partial charge >= 0.3 is 0 Å². The summed E-state index contributed by atoms with van der Waals surface area (Å²) in [5, 5.41) is 3.81. The van der Waals surface area contributed by atoms with Crippen LogP contribution in [-0.2, 0) is 6.42 Å². The molecule has 1 fully saturated rings. The molecule has 1 aromatic carbocycles. The van der Waals surface area contributed by atoms with Crippen LogP contribution in [0.25, 0.3) is 0 Å². The quantitative estimate of drug-likeness (QED) is 0.912. The van der Waals surface area contributed by atoms with Crippen molar-refractivity contribution in [3.8, 4) is 0 Å². The molecule has 0 bridgehead atoms. The fraction of sp³-hybridized carbons (Fsp3) is 0.625. The van der Waals surface area contributed by atoms with Crippen molar-refractivity contribution in [2.45, 2.75) is 44.7 Å². The lowest BCUT2D eigenvalue weighted by atomic mass is 10.1. The average Bonchev–Trinajstić information content (AvgIpc) is 3.03. The van der Waals surface area contributed by atoms with E-state index in [9.17, 15) is 0 Å². The fourth-order valence-electron chi connectivity index (χ4n) is 3.64. The predicted octanol–water partition coefficient (Wildman–Crippen LogP) is 3.51. The third-order valence-corrected chi connectivity index (χ3v) is 5.46. The van der Waals surface area contributed by atoms with Gasteiger partial charge < -0.3 is 5.32 Å². The Morgan fingerprint density at radius 1 is 1.37 bits per heavy atom. The summed E-state index contributed by atoms with van der Waals surface area (Å²) in [4.78, 5) is 2.61. The maximum absolute atomic E-state index is 3.81. The molecular weight excluding hydrogens is 300 g/mol. The van der Waals surface area contributed by atoms with Crippen LogP contribution in [-0.4, -0.2) is 30.6 Å². The minimum absolute atomic E-state index is 0.562. The molecule has 3 rings (SSSR count). The van der Waals surface area contributed by atoms with Crippen molar-refractivity contribution >= 4 is 15.9 Å². The molecule has 0 amide bonds. The van der Waals surface area contributed by atoms with Crippen LogP contribution in [0.4, 0.5) is 0 Å². The summed E-state index contributed by atoms with van der Waals surface area (Å²) in [6.07, 6.45) is 5.18. The number of likely N-dealkylation sites (tertiary alicyclic amines) is 1. The van der Waals surface area contributed by atoms with Crippen LogP contribution in [0.1, 0.15) is 43.4 Å². The van der Waals surface area contributed by atoms with Crippen LogP contribution in [0.3, 0.4) is 0 Å². The summed E-state index contributed by atoms with van der Waals surface area (Å²) in [5.74, 6) is 0. The molecule has 3 heteroatoms. The molecule has 1 aliphatic heterocycles. The van der Waals surface area contributed by atoms with Crippen LogP contribution < -0.4 is 5.32 Å². The second-order valence-electron chi connectivity index (χ2n) is 5.73. The number of hydrogen-bond acceptors (Lipinski definition) is 2. The molecular formula is C16H23BrN2. The van der Waals surface area contributed by atoms with Gasteiger partial charge in [-0.3, -0.25) is 4.90 Å². The lowest BCUT2D eigenvalue weighted by molar-refractivity contribution is 0.253. The molecule has 2 atom stereocenters. The Hall–Kier alpha value is -0.380. The lowest BCUT2D eigenvalue weighted by Crippen LogP contribution is -2.38. The number of halogens is 1. The first-order valence-electron chi connectivity index (χ1n) is 7.54. The molecule has 2 unspecified atom stereocenters. The van der Waals surface area contributed by atoms with Gasteiger partial charge in [0.2, 0.25) is 0 Å². The molecule has 0 radical (unpaired) electrons. The molecule has 1 aromatic rings. The molecule has 19 heavy (non-hydrogen) atoms. The van der Waals surface area contributed by atoms with E-state index in [4.69, 9.17) is 0 Å². The van der Waals surface area contributed by atoms with Gasteiger partial charge in [-0.05, 0) is 56.0 Å². The second-order valence-corrected chi connectivity index (χ2v) is 6.59. The van der Waals surface area contributed by atoms with E-state index in [-0.39, 0.29) is 0 Å². The van der Waals surface area contributed by atoms with Crippen molar-refractivity contribution in [2.75, 3.05) is 19.6 Å². The van der Waals surface area contributed by atoms with Crippen molar-refractivity contribution < 1.29 is 0 Å². The average molecular weight is 323 g/mol. The number of rotatable bonds is 4. The van der Waals surface area contributed by atoms with Gasteiger partial charge in [0.25, 0.3) is 0 Å². The van der Waals surface area contributed by atoms with Crippen molar-refractivity contribution in [2.24, 2.45) is 0 Å². The zero-order chi connectivity index (χ0) is 13.2. The first-order valence-corrected chi connectivity index (χ1v) is 8.33. The van der Waals surface area contributed by atoms with E-state index in [0.29, 0.717) is 6.04 Å². The highest BCUT2D eigenvalue weighted by Crippen LogP contribution is 2.35. The van der Waals surface area contributed by atoms with Gasteiger partial charge in [-0.25, -0.2) is 0 Å². The van der Waals surface area contributed by atoms with Crippen molar-refractivity contribution in [1.82, 2.24) is 10.2 Å². The zero-order valence-electron chi connectivity index (χ0n) is 11.7. The highest BCUT2D eigenvalue weighted by Gasteiger charge is 2.27. The molecule has 1 heterocycles. The van der Waals surface area contributed by atoms with Gasteiger partial charge in [0.1, 0.15) is 0 Å². The number of nitrogens with zero attached hydrogens (tertiary/aromatic N) is 1. The van der Waals surface area contributed by atoms with Crippen LogP contribution in [0.15, 0.2) is 22.7 Å². The highest BCUT2D eigenvalue weighted by molar-refractivity contribution is 9.10. The van der Waals surface area contributed by atoms with E-state index in [2.05, 4.69) is 51.3 Å². The Morgan fingerprint density at radius 2 is 2.26 bits per heavy atom. The summed E-state index contributed by atoms with van der Waals surface area (Å²) >= 11 is 3.68. The molecule has 1 saturated heterocycles. The molecule has 2 nitrogen and oxygen atoms in total. The molecule has 1 N–H and O–H groups in total. The van der Waals surface area contributed by atoms with Crippen molar-refractivity contribution in [3.05, 3.63) is 33.8 Å². The van der Waals surface area contributed by atoms with Gasteiger partial charge in [0, 0.05) is 23.1 Å². The van der Waals surface area contributed by atoms with Crippen molar-refractivity contribution in [1.29, 1.82) is 0 Å². The summed E-state index contributed by atoms with van der Waals surface area (Å²) in [6, 6.07) is 7.93. The lowest BCUT2D eigenvalue weighted by Gasteiger charge is -2.25. The maximum Gasteiger partial charge on any atom is 0.0327 e. The number of hydrogen-bond donors (Lipinski definition) is 1. The number of benzene rings is 1. The predicted molar refractivity (Wildman–Crippen MR) is 83.5 cm³/mol. The summed E-state index contributed by atoms with van der Waals surface area (Å²) < 4.78 is 1.28. The third-order valence-electron chi connectivity index (χ3n) is 4.72. The van der Waals surface area contributed by atoms with Gasteiger partial charge in [0.15, 0.2) is 0 Å². The van der Waals surface area contributed by atoms with E-state index >= 15 is 0 Å². The third kappa shape index (κ3) is 2.74. The standard InChI is InChI=1S/C16H23BrN2/c1-2-19-10-4-5-12(19)11-18-16-9-8-13-14(16)6-3-7-15(13)17/h3,6-7,12,16,18H,2,4-5,8-11H2,1H3. The zero-order valence-corrected chi connectivity index (χ0v) is 13.2. The fourth-order valence-corrected chi connectivity index (χ4v) is 4.22. The van der Waals surface area contributed by atoms with Crippen LogP contribution in [0.5, 0.6) is 0 Å². The molecule has 1 aliphatic carbocycles. The summed E-state index contributed by atoms with van der Waals surface area (Å²) in [6.45, 7) is 5.90. The largest absolute Gasteiger partial charge is 0.308 e. The molecule has 0 spiro atoms. The smallest absolute Gasteiger partial charge is 0.0327 e. The normalized spacial score (nSPS) is 26.8. The minimum Gasteiger partial charge on any atom is -0.308 e. The van der Waals surface area contributed by atoms with Crippen LogP contribution in [0.2, 0.25) is 0 Å². The van der Waals surface area contributed by atoms with E-state index < -0.39 is 0 Å². The summed E-state index contributed by atoms with van der Waals surface area (Å²) in [7, 11) is 0. The van der Waals surface area contributed by atoms with Gasteiger partial charge in [0.05, 0.1) is 0 Å². The summed E-state index contributed by atoms with van der Waals surface area (Å²) in [5.41, 5.74) is 3.02. The van der Waals surface area contributed by atoms with Crippen molar-refractivity contribution in [3.63, 3.8) is 0 Å². The Balaban J connectivity index is 1.62. The van der Waals surface area contributed by atoms with E-state index in [1.54, 1.807) is 0 Å². The Labute approximate surface area is 124 Å². The monoisotopic (exact) mass is 322 g/mol.